The Morgan fingerprint density at radius 1 is 1.45 bits per heavy atom. The highest BCUT2D eigenvalue weighted by molar-refractivity contribution is 9.10. The van der Waals surface area contributed by atoms with Gasteiger partial charge in [-0.1, -0.05) is 24.6 Å². The maximum absolute atomic E-state index is 12.4. The normalized spacial score (nSPS) is 23.1. The second-order valence-electron chi connectivity index (χ2n) is 4.75. The zero-order valence-electron chi connectivity index (χ0n) is 10.9. The van der Waals surface area contributed by atoms with Crippen LogP contribution in [0.25, 0.3) is 0 Å². The molecule has 0 saturated carbocycles. The molecule has 1 aliphatic heterocycles. The van der Waals surface area contributed by atoms with E-state index in [0.717, 1.165) is 19.5 Å². The number of rotatable bonds is 3. The molecule has 1 fully saturated rings. The predicted molar refractivity (Wildman–Crippen MR) is 87.2 cm³/mol. The molecule has 1 heterocycles. The van der Waals surface area contributed by atoms with Gasteiger partial charge in [0.15, 0.2) is 0 Å². The van der Waals surface area contributed by atoms with Crippen molar-refractivity contribution in [2.24, 2.45) is 5.92 Å². The van der Waals surface area contributed by atoms with Gasteiger partial charge in [-0.05, 0) is 53.5 Å². The van der Waals surface area contributed by atoms with Gasteiger partial charge in [0.2, 0.25) is 10.0 Å². The van der Waals surface area contributed by atoms with Crippen molar-refractivity contribution < 1.29 is 8.42 Å². The van der Waals surface area contributed by atoms with Crippen molar-refractivity contribution in [2.75, 3.05) is 13.1 Å². The summed E-state index contributed by atoms with van der Waals surface area (Å²) >= 11 is 9.29. The van der Waals surface area contributed by atoms with E-state index in [0.29, 0.717) is 4.47 Å². The van der Waals surface area contributed by atoms with Crippen LogP contribution in [0.3, 0.4) is 0 Å². The summed E-state index contributed by atoms with van der Waals surface area (Å²) in [6, 6.07) is 4.84. The van der Waals surface area contributed by atoms with E-state index >= 15 is 0 Å². The number of hydrogen-bond acceptors (Lipinski definition) is 3. The molecule has 4 nitrogen and oxygen atoms in total. The molecule has 1 aliphatic rings. The van der Waals surface area contributed by atoms with E-state index in [4.69, 9.17) is 11.6 Å². The van der Waals surface area contributed by atoms with Crippen LogP contribution < -0.4 is 10.0 Å². The van der Waals surface area contributed by atoms with Gasteiger partial charge in [-0.2, -0.15) is 0 Å². The Labute approximate surface area is 139 Å². The van der Waals surface area contributed by atoms with Crippen molar-refractivity contribution in [1.29, 1.82) is 0 Å². The molecule has 2 unspecified atom stereocenters. The highest BCUT2D eigenvalue weighted by Crippen LogP contribution is 2.29. The van der Waals surface area contributed by atoms with Gasteiger partial charge in [0.1, 0.15) is 4.90 Å². The number of hydrogen-bond donors (Lipinski definition) is 2. The third-order valence-electron chi connectivity index (χ3n) is 3.30. The van der Waals surface area contributed by atoms with Gasteiger partial charge < -0.3 is 5.32 Å². The minimum atomic E-state index is -3.59. The first kappa shape index (κ1) is 18.2. The number of nitrogens with one attached hydrogen (secondary N) is 2. The molecule has 2 atom stereocenters. The Hall–Kier alpha value is 0.150. The van der Waals surface area contributed by atoms with E-state index < -0.39 is 10.0 Å². The topological polar surface area (TPSA) is 58.2 Å². The summed E-state index contributed by atoms with van der Waals surface area (Å²) in [5, 5.41) is 3.46. The molecule has 0 aromatic heterocycles. The van der Waals surface area contributed by atoms with E-state index in [1.54, 1.807) is 12.1 Å². The Morgan fingerprint density at radius 3 is 2.80 bits per heavy atom. The second-order valence-corrected chi connectivity index (χ2v) is 7.66. The van der Waals surface area contributed by atoms with Crippen LogP contribution in [0.1, 0.15) is 13.3 Å². The third-order valence-corrected chi connectivity index (χ3v) is 6.24. The summed E-state index contributed by atoms with van der Waals surface area (Å²) < 4.78 is 28.1. The fraction of sp³-hybridized carbons (Fsp3) is 0.500. The quantitative estimate of drug-likeness (QED) is 0.815. The van der Waals surface area contributed by atoms with Crippen LogP contribution >= 0.6 is 39.9 Å². The molecule has 8 heteroatoms. The van der Waals surface area contributed by atoms with Gasteiger partial charge in [0.05, 0.1) is 5.02 Å². The molecule has 1 saturated heterocycles. The summed E-state index contributed by atoms with van der Waals surface area (Å²) in [7, 11) is -3.59. The summed E-state index contributed by atoms with van der Waals surface area (Å²) in [6.07, 6.45) is 0.784. The third kappa shape index (κ3) is 4.08. The minimum Gasteiger partial charge on any atom is -0.316 e. The number of sulfonamides is 1. The molecule has 114 valence electrons. The van der Waals surface area contributed by atoms with E-state index in [1.165, 1.54) is 6.07 Å². The summed E-state index contributed by atoms with van der Waals surface area (Å²) in [5.41, 5.74) is 0. The second kappa shape index (κ2) is 7.42. The predicted octanol–water partition coefficient (Wildman–Crippen LogP) is 2.80. The highest BCUT2D eigenvalue weighted by atomic mass is 79.9. The Bertz CT molecular complexity index is 569. The molecule has 0 aliphatic carbocycles. The highest BCUT2D eigenvalue weighted by Gasteiger charge is 2.28. The van der Waals surface area contributed by atoms with E-state index in [2.05, 4.69) is 26.0 Å². The Morgan fingerprint density at radius 2 is 2.15 bits per heavy atom. The van der Waals surface area contributed by atoms with Crippen LogP contribution in [-0.4, -0.2) is 27.5 Å². The molecule has 2 N–H and O–H groups in total. The minimum absolute atomic E-state index is 0. The van der Waals surface area contributed by atoms with Gasteiger partial charge in [-0.3, -0.25) is 0 Å². The Balaban J connectivity index is 0.00000200. The summed E-state index contributed by atoms with van der Waals surface area (Å²) in [5.74, 6) is 0.259. The number of halogens is 3. The van der Waals surface area contributed by atoms with Crippen LogP contribution in [0, 0.1) is 5.92 Å². The molecule has 0 bridgehead atoms. The smallest absolute Gasteiger partial charge is 0.242 e. The summed E-state index contributed by atoms with van der Waals surface area (Å²) in [6.45, 7) is 3.67. The molecular weight excluding hydrogens is 387 g/mol. The van der Waals surface area contributed by atoms with Gasteiger partial charge in [-0.25, -0.2) is 13.1 Å². The van der Waals surface area contributed by atoms with Crippen molar-refractivity contribution in [3.8, 4) is 0 Å². The molecule has 0 radical (unpaired) electrons. The van der Waals surface area contributed by atoms with Gasteiger partial charge >= 0.3 is 0 Å². The molecule has 0 amide bonds. The molecule has 1 aromatic rings. The van der Waals surface area contributed by atoms with Gasteiger partial charge in [-0.15, -0.1) is 12.4 Å². The van der Waals surface area contributed by atoms with Crippen LogP contribution in [0.2, 0.25) is 5.02 Å². The van der Waals surface area contributed by atoms with Crippen molar-refractivity contribution in [2.45, 2.75) is 24.3 Å². The first-order chi connectivity index (χ1) is 8.92. The first-order valence-electron chi connectivity index (χ1n) is 6.09. The van der Waals surface area contributed by atoms with Gasteiger partial charge in [0.25, 0.3) is 0 Å². The van der Waals surface area contributed by atoms with Crippen molar-refractivity contribution in [1.82, 2.24) is 10.0 Å². The fourth-order valence-electron chi connectivity index (χ4n) is 2.14. The standard InChI is InChI=1S/C12H16BrClN2O2S.ClH/c1-8-7-15-6-5-10(8)16-19(17,18)11-4-2-3-9(13)12(11)14;/h2-4,8,10,15-16H,5-7H2,1H3;1H. The Kier molecular flexibility index (Phi) is 6.76. The van der Waals surface area contributed by atoms with E-state index in [9.17, 15) is 8.42 Å². The molecular formula is C12H17BrCl2N2O2S. The zero-order chi connectivity index (χ0) is 14.0. The monoisotopic (exact) mass is 402 g/mol. The average Bonchev–Trinajstić information content (AvgIpc) is 2.35. The van der Waals surface area contributed by atoms with Crippen LogP contribution in [0.15, 0.2) is 27.6 Å². The lowest BCUT2D eigenvalue weighted by molar-refractivity contribution is 0.328. The van der Waals surface area contributed by atoms with Crippen LogP contribution in [-0.2, 0) is 10.0 Å². The maximum atomic E-state index is 12.4. The zero-order valence-corrected chi connectivity index (χ0v) is 14.9. The number of benzene rings is 1. The summed E-state index contributed by atoms with van der Waals surface area (Å²) in [4.78, 5) is 0.120. The molecule has 1 aromatic carbocycles. The SMILES string of the molecule is CC1CNCCC1NS(=O)(=O)c1cccc(Br)c1Cl.Cl. The lowest BCUT2D eigenvalue weighted by Gasteiger charge is -2.30. The van der Waals surface area contributed by atoms with E-state index in [-0.39, 0.29) is 34.3 Å². The van der Waals surface area contributed by atoms with Crippen molar-refractivity contribution >= 4 is 50.0 Å². The fourth-order valence-corrected chi connectivity index (χ4v) is 4.55. The lowest BCUT2D eigenvalue weighted by Crippen LogP contribution is -2.48. The molecule has 20 heavy (non-hydrogen) atoms. The lowest BCUT2D eigenvalue weighted by atomic mass is 9.97. The van der Waals surface area contributed by atoms with E-state index in [1.807, 2.05) is 6.92 Å². The van der Waals surface area contributed by atoms with Crippen LogP contribution in [0.4, 0.5) is 0 Å². The van der Waals surface area contributed by atoms with Crippen molar-refractivity contribution in [3.63, 3.8) is 0 Å². The first-order valence-corrected chi connectivity index (χ1v) is 8.74. The average molecular weight is 404 g/mol. The maximum Gasteiger partial charge on any atom is 0.242 e. The van der Waals surface area contributed by atoms with Gasteiger partial charge in [0, 0.05) is 10.5 Å². The largest absolute Gasteiger partial charge is 0.316 e. The van der Waals surface area contributed by atoms with Crippen molar-refractivity contribution in [3.05, 3.63) is 27.7 Å². The number of piperidine rings is 1. The molecule has 0 spiro atoms. The van der Waals surface area contributed by atoms with Crippen LogP contribution in [0.5, 0.6) is 0 Å². The molecule has 2 rings (SSSR count).